The molecule has 0 spiro atoms. The van der Waals surface area contributed by atoms with Crippen molar-refractivity contribution in [2.45, 2.75) is 18.9 Å². The van der Waals surface area contributed by atoms with Gasteiger partial charge in [0.15, 0.2) is 0 Å². The highest BCUT2D eigenvalue weighted by Crippen LogP contribution is 2.34. The van der Waals surface area contributed by atoms with Gasteiger partial charge in [-0.15, -0.1) is 0 Å². The van der Waals surface area contributed by atoms with E-state index < -0.39 is 5.95 Å². The first kappa shape index (κ1) is 11.2. The molecule has 0 N–H and O–H groups in total. The number of hydrogen-bond donors (Lipinski definition) is 0. The Hall–Kier alpha value is -1.90. The van der Waals surface area contributed by atoms with Crippen molar-refractivity contribution in [1.29, 1.82) is 0 Å². The maximum absolute atomic E-state index is 13.2. The highest BCUT2D eigenvalue weighted by atomic mass is 19.1. The first-order chi connectivity index (χ1) is 8.84. The topological polar surface area (TPSA) is 16.1 Å². The molecule has 3 heteroatoms. The Kier molecular flexibility index (Phi) is 2.97. The van der Waals surface area contributed by atoms with Gasteiger partial charge in [0.2, 0.25) is 5.95 Å². The third-order valence-corrected chi connectivity index (χ3v) is 3.43. The Labute approximate surface area is 106 Å². The van der Waals surface area contributed by atoms with Crippen LogP contribution in [0.25, 0.3) is 0 Å². The van der Waals surface area contributed by atoms with Gasteiger partial charge in [-0.05, 0) is 30.5 Å². The molecule has 3 rings (SSSR count). The molecule has 92 valence electrons. The normalized spacial score (nSPS) is 19.2. The van der Waals surface area contributed by atoms with E-state index in [9.17, 15) is 4.39 Å². The number of halogens is 1. The molecule has 2 heterocycles. The lowest BCUT2D eigenvalue weighted by Gasteiger charge is -2.26. The van der Waals surface area contributed by atoms with Crippen molar-refractivity contribution in [1.82, 2.24) is 4.98 Å². The fraction of sp³-hybridized carbons (Fsp3) is 0.267. The van der Waals surface area contributed by atoms with Gasteiger partial charge in [-0.25, -0.2) is 4.98 Å². The fourth-order valence-electron chi connectivity index (χ4n) is 2.62. The van der Waals surface area contributed by atoms with Crippen LogP contribution in [0.15, 0.2) is 48.5 Å². The van der Waals surface area contributed by atoms with E-state index in [2.05, 4.69) is 22.0 Å². The summed E-state index contributed by atoms with van der Waals surface area (Å²) in [5.41, 5.74) is 1.28. The number of pyridine rings is 1. The molecule has 2 aromatic rings. The fourth-order valence-corrected chi connectivity index (χ4v) is 2.62. The molecule has 1 aliphatic rings. The van der Waals surface area contributed by atoms with Gasteiger partial charge in [0.05, 0.1) is 6.04 Å². The average Bonchev–Trinajstić information content (AvgIpc) is 2.89. The Morgan fingerprint density at radius 2 is 1.89 bits per heavy atom. The highest BCUT2D eigenvalue weighted by Gasteiger charge is 2.26. The molecule has 0 amide bonds. The van der Waals surface area contributed by atoms with Crippen molar-refractivity contribution in [2.24, 2.45) is 0 Å². The third-order valence-electron chi connectivity index (χ3n) is 3.43. The number of rotatable bonds is 2. The molecule has 2 nitrogen and oxygen atoms in total. The SMILES string of the molecule is Fc1cccc(N2CCCC2c2ccccc2)n1. The Morgan fingerprint density at radius 1 is 1.06 bits per heavy atom. The van der Waals surface area contributed by atoms with Gasteiger partial charge in [-0.3, -0.25) is 0 Å². The van der Waals surface area contributed by atoms with Crippen LogP contribution in [0.2, 0.25) is 0 Å². The monoisotopic (exact) mass is 242 g/mol. The van der Waals surface area contributed by atoms with Gasteiger partial charge in [-0.2, -0.15) is 4.39 Å². The number of hydrogen-bond acceptors (Lipinski definition) is 2. The standard InChI is InChI=1S/C15H15FN2/c16-14-9-4-10-15(17-14)18-11-5-8-13(18)12-6-2-1-3-7-12/h1-4,6-7,9-10,13H,5,8,11H2. The molecule has 1 aromatic heterocycles. The summed E-state index contributed by atoms with van der Waals surface area (Å²) >= 11 is 0. The molecular weight excluding hydrogens is 227 g/mol. The smallest absolute Gasteiger partial charge is 0.214 e. The Balaban J connectivity index is 1.92. The summed E-state index contributed by atoms with van der Waals surface area (Å²) in [6, 6.07) is 15.7. The predicted octanol–water partition coefficient (Wildman–Crippen LogP) is 3.56. The van der Waals surface area contributed by atoms with Gasteiger partial charge in [-0.1, -0.05) is 36.4 Å². The zero-order valence-electron chi connectivity index (χ0n) is 10.1. The summed E-state index contributed by atoms with van der Waals surface area (Å²) in [5.74, 6) is 0.326. The van der Waals surface area contributed by atoms with Crippen LogP contribution in [0, 0.1) is 5.95 Å². The minimum Gasteiger partial charge on any atom is -0.349 e. The van der Waals surface area contributed by atoms with Crippen LogP contribution in [-0.4, -0.2) is 11.5 Å². The molecule has 1 saturated heterocycles. The van der Waals surface area contributed by atoms with Crippen molar-refractivity contribution in [2.75, 3.05) is 11.4 Å². The van der Waals surface area contributed by atoms with E-state index in [1.807, 2.05) is 24.3 Å². The molecule has 0 aliphatic carbocycles. The van der Waals surface area contributed by atoms with Crippen LogP contribution in [0.1, 0.15) is 24.4 Å². The number of aromatic nitrogens is 1. The van der Waals surface area contributed by atoms with E-state index in [1.165, 1.54) is 11.6 Å². The predicted molar refractivity (Wildman–Crippen MR) is 70.0 cm³/mol. The highest BCUT2D eigenvalue weighted by molar-refractivity contribution is 5.43. The summed E-state index contributed by atoms with van der Waals surface area (Å²) in [7, 11) is 0. The maximum Gasteiger partial charge on any atom is 0.214 e. The second-order valence-electron chi connectivity index (χ2n) is 4.58. The molecule has 1 aliphatic heterocycles. The summed E-state index contributed by atoms with van der Waals surface area (Å²) < 4.78 is 13.2. The lowest BCUT2D eigenvalue weighted by Crippen LogP contribution is -2.23. The van der Waals surface area contributed by atoms with E-state index in [0.29, 0.717) is 6.04 Å². The Morgan fingerprint density at radius 3 is 2.67 bits per heavy atom. The molecule has 0 bridgehead atoms. The van der Waals surface area contributed by atoms with E-state index in [1.54, 1.807) is 6.07 Å². The third kappa shape index (κ3) is 2.08. The second-order valence-corrected chi connectivity index (χ2v) is 4.58. The van der Waals surface area contributed by atoms with Crippen molar-refractivity contribution in [3.8, 4) is 0 Å². The van der Waals surface area contributed by atoms with E-state index in [-0.39, 0.29) is 0 Å². The average molecular weight is 242 g/mol. The molecule has 0 saturated carbocycles. The van der Waals surface area contributed by atoms with Crippen molar-refractivity contribution >= 4 is 5.82 Å². The van der Waals surface area contributed by atoms with Gasteiger partial charge >= 0.3 is 0 Å². The summed E-state index contributed by atoms with van der Waals surface area (Å²) in [5, 5.41) is 0. The van der Waals surface area contributed by atoms with Gasteiger partial charge in [0.25, 0.3) is 0 Å². The molecule has 1 unspecified atom stereocenters. The minimum absolute atomic E-state index is 0.320. The molecule has 0 radical (unpaired) electrons. The van der Waals surface area contributed by atoms with Crippen LogP contribution < -0.4 is 4.90 Å². The Bertz CT molecular complexity index is 527. The van der Waals surface area contributed by atoms with E-state index >= 15 is 0 Å². The zero-order valence-corrected chi connectivity index (χ0v) is 10.1. The van der Waals surface area contributed by atoms with E-state index in [0.717, 1.165) is 25.2 Å². The van der Waals surface area contributed by atoms with Gasteiger partial charge in [0.1, 0.15) is 5.82 Å². The largest absolute Gasteiger partial charge is 0.349 e. The first-order valence-electron chi connectivity index (χ1n) is 6.29. The quantitative estimate of drug-likeness (QED) is 0.748. The van der Waals surface area contributed by atoms with Crippen LogP contribution in [0.4, 0.5) is 10.2 Å². The molecule has 1 fully saturated rings. The molecule has 1 atom stereocenters. The van der Waals surface area contributed by atoms with Gasteiger partial charge in [0, 0.05) is 6.54 Å². The number of nitrogens with zero attached hydrogens (tertiary/aromatic N) is 2. The van der Waals surface area contributed by atoms with Crippen molar-refractivity contribution < 1.29 is 4.39 Å². The number of benzene rings is 1. The minimum atomic E-state index is -0.411. The molecule has 1 aromatic carbocycles. The number of anilines is 1. The maximum atomic E-state index is 13.2. The van der Waals surface area contributed by atoms with Gasteiger partial charge < -0.3 is 4.90 Å². The van der Waals surface area contributed by atoms with Crippen LogP contribution in [0.5, 0.6) is 0 Å². The van der Waals surface area contributed by atoms with Crippen molar-refractivity contribution in [3.05, 3.63) is 60.0 Å². The van der Waals surface area contributed by atoms with Crippen LogP contribution in [-0.2, 0) is 0 Å². The van der Waals surface area contributed by atoms with Crippen LogP contribution in [0.3, 0.4) is 0 Å². The first-order valence-corrected chi connectivity index (χ1v) is 6.29. The lowest BCUT2D eigenvalue weighted by molar-refractivity contribution is 0.579. The summed E-state index contributed by atoms with van der Waals surface area (Å²) in [4.78, 5) is 6.18. The molecular formula is C15H15FN2. The van der Waals surface area contributed by atoms with Crippen LogP contribution >= 0.6 is 0 Å². The van der Waals surface area contributed by atoms with E-state index in [4.69, 9.17) is 0 Å². The molecule has 18 heavy (non-hydrogen) atoms. The second kappa shape index (κ2) is 4.77. The summed E-state index contributed by atoms with van der Waals surface area (Å²) in [6.07, 6.45) is 2.22. The lowest BCUT2D eigenvalue weighted by atomic mass is 10.0. The zero-order chi connectivity index (χ0) is 12.4. The summed E-state index contributed by atoms with van der Waals surface area (Å²) in [6.45, 7) is 0.940. The van der Waals surface area contributed by atoms with Crippen molar-refractivity contribution in [3.63, 3.8) is 0 Å².